The Labute approximate surface area is 152 Å². The minimum Gasteiger partial charge on any atom is -0.334 e. The summed E-state index contributed by atoms with van der Waals surface area (Å²) in [6.45, 7) is 4.07. The summed E-state index contributed by atoms with van der Waals surface area (Å²) >= 11 is 0. The second-order valence-electron chi connectivity index (χ2n) is 6.92. The van der Waals surface area contributed by atoms with E-state index in [1.54, 1.807) is 0 Å². The van der Waals surface area contributed by atoms with Gasteiger partial charge in [-0.25, -0.2) is 4.79 Å². The standard InChI is InChI=1S/C20H23N5O/c1-15-6-4-7-16(12-15)13-21-20(26)24-10-5-8-17(14-24)19-23-22-18-9-2-3-11-25(18)19/h2-4,6-7,9,11-12,17H,5,8,10,13-14H2,1H3,(H,21,26)/t17-/m1/s1. The molecule has 1 aliphatic rings. The summed E-state index contributed by atoms with van der Waals surface area (Å²) in [5.74, 6) is 1.16. The van der Waals surface area contributed by atoms with Gasteiger partial charge in [0.25, 0.3) is 0 Å². The van der Waals surface area contributed by atoms with Crippen molar-refractivity contribution in [2.75, 3.05) is 13.1 Å². The van der Waals surface area contributed by atoms with E-state index in [4.69, 9.17) is 0 Å². The fourth-order valence-corrected chi connectivity index (χ4v) is 3.62. The van der Waals surface area contributed by atoms with Crippen LogP contribution in [0.4, 0.5) is 4.79 Å². The zero-order valence-corrected chi connectivity index (χ0v) is 14.9. The van der Waals surface area contributed by atoms with Crippen LogP contribution in [0.3, 0.4) is 0 Å². The van der Waals surface area contributed by atoms with E-state index in [1.165, 1.54) is 5.56 Å². The highest BCUT2D eigenvalue weighted by molar-refractivity contribution is 5.74. The number of nitrogens with one attached hydrogen (secondary N) is 1. The fraction of sp³-hybridized carbons (Fsp3) is 0.350. The molecule has 0 spiro atoms. The van der Waals surface area contributed by atoms with Gasteiger partial charge in [0.15, 0.2) is 5.65 Å². The summed E-state index contributed by atoms with van der Waals surface area (Å²) in [5, 5.41) is 11.7. The van der Waals surface area contributed by atoms with Crippen LogP contribution in [0.15, 0.2) is 48.7 Å². The Morgan fingerprint density at radius 3 is 3.04 bits per heavy atom. The van der Waals surface area contributed by atoms with Crippen molar-refractivity contribution in [3.05, 3.63) is 65.6 Å². The number of likely N-dealkylation sites (tertiary alicyclic amines) is 1. The van der Waals surface area contributed by atoms with Crippen LogP contribution in [0.5, 0.6) is 0 Å². The normalized spacial score (nSPS) is 17.4. The maximum Gasteiger partial charge on any atom is 0.317 e. The first-order valence-corrected chi connectivity index (χ1v) is 9.09. The van der Waals surface area contributed by atoms with Gasteiger partial charge in [-0.05, 0) is 37.5 Å². The van der Waals surface area contributed by atoms with Crippen molar-refractivity contribution in [3.63, 3.8) is 0 Å². The van der Waals surface area contributed by atoms with E-state index in [2.05, 4.69) is 34.6 Å². The Kier molecular flexibility index (Phi) is 4.56. The highest BCUT2D eigenvalue weighted by atomic mass is 16.2. The van der Waals surface area contributed by atoms with Gasteiger partial charge in [0, 0.05) is 31.7 Å². The number of pyridine rings is 1. The molecule has 2 amide bonds. The van der Waals surface area contributed by atoms with Crippen molar-refractivity contribution in [1.29, 1.82) is 0 Å². The van der Waals surface area contributed by atoms with Gasteiger partial charge in [-0.3, -0.25) is 4.40 Å². The number of piperidine rings is 1. The number of aromatic nitrogens is 3. The van der Waals surface area contributed by atoms with Gasteiger partial charge in [-0.1, -0.05) is 35.9 Å². The Morgan fingerprint density at radius 2 is 2.15 bits per heavy atom. The molecular formula is C20H23N5O. The molecular weight excluding hydrogens is 326 g/mol. The number of carbonyl (C=O) groups excluding carboxylic acids is 1. The number of amides is 2. The number of urea groups is 1. The average Bonchev–Trinajstić information content (AvgIpc) is 3.10. The minimum atomic E-state index is -0.00923. The molecule has 3 heterocycles. The largest absolute Gasteiger partial charge is 0.334 e. The molecule has 0 radical (unpaired) electrons. The van der Waals surface area contributed by atoms with Crippen LogP contribution < -0.4 is 5.32 Å². The average molecular weight is 349 g/mol. The lowest BCUT2D eigenvalue weighted by Crippen LogP contribution is -2.45. The summed E-state index contributed by atoms with van der Waals surface area (Å²) in [6.07, 6.45) is 3.99. The maximum absolute atomic E-state index is 12.6. The van der Waals surface area contributed by atoms with E-state index < -0.39 is 0 Å². The first-order chi connectivity index (χ1) is 12.7. The van der Waals surface area contributed by atoms with E-state index in [0.717, 1.165) is 36.4 Å². The van der Waals surface area contributed by atoms with Gasteiger partial charge in [-0.2, -0.15) is 0 Å². The third-order valence-corrected chi connectivity index (χ3v) is 4.94. The smallest absolute Gasteiger partial charge is 0.317 e. The van der Waals surface area contributed by atoms with Crippen molar-refractivity contribution in [2.45, 2.75) is 32.2 Å². The molecule has 26 heavy (non-hydrogen) atoms. The van der Waals surface area contributed by atoms with E-state index in [1.807, 2.05) is 45.8 Å². The molecule has 4 rings (SSSR count). The number of aryl methyl sites for hydroxylation is 1. The summed E-state index contributed by atoms with van der Waals surface area (Å²) in [6, 6.07) is 14.1. The van der Waals surface area contributed by atoms with Gasteiger partial charge in [0.05, 0.1) is 0 Å². The molecule has 1 atom stereocenters. The summed E-state index contributed by atoms with van der Waals surface area (Å²) in [4.78, 5) is 14.5. The van der Waals surface area contributed by atoms with Crippen LogP contribution in [-0.4, -0.2) is 38.6 Å². The van der Waals surface area contributed by atoms with Crippen LogP contribution in [-0.2, 0) is 6.54 Å². The highest BCUT2D eigenvalue weighted by Gasteiger charge is 2.27. The zero-order chi connectivity index (χ0) is 17.9. The maximum atomic E-state index is 12.6. The van der Waals surface area contributed by atoms with E-state index >= 15 is 0 Å². The first kappa shape index (κ1) is 16.6. The molecule has 2 aromatic heterocycles. The fourth-order valence-electron chi connectivity index (χ4n) is 3.62. The van der Waals surface area contributed by atoms with Crippen molar-refractivity contribution in [2.24, 2.45) is 0 Å². The molecule has 6 heteroatoms. The van der Waals surface area contributed by atoms with Crippen LogP contribution in [0.2, 0.25) is 0 Å². The predicted octanol–water partition coefficient (Wildman–Crippen LogP) is 3.13. The van der Waals surface area contributed by atoms with E-state index in [0.29, 0.717) is 13.1 Å². The molecule has 6 nitrogen and oxygen atoms in total. The third kappa shape index (κ3) is 3.40. The Morgan fingerprint density at radius 1 is 1.23 bits per heavy atom. The molecule has 134 valence electrons. The van der Waals surface area contributed by atoms with Crippen LogP contribution >= 0.6 is 0 Å². The second-order valence-corrected chi connectivity index (χ2v) is 6.92. The molecule has 1 aliphatic heterocycles. The topological polar surface area (TPSA) is 62.5 Å². The molecule has 0 unspecified atom stereocenters. The Balaban J connectivity index is 1.42. The number of nitrogens with zero attached hydrogens (tertiary/aromatic N) is 4. The van der Waals surface area contributed by atoms with Crippen LogP contribution in [0.25, 0.3) is 5.65 Å². The number of rotatable bonds is 3. The number of hydrogen-bond donors (Lipinski definition) is 1. The minimum absolute atomic E-state index is 0.00923. The molecule has 0 saturated carbocycles. The van der Waals surface area contributed by atoms with Crippen LogP contribution in [0.1, 0.15) is 35.7 Å². The van der Waals surface area contributed by atoms with Crippen molar-refractivity contribution < 1.29 is 4.79 Å². The number of benzene rings is 1. The number of carbonyl (C=O) groups is 1. The zero-order valence-electron chi connectivity index (χ0n) is 14.9. The molecule has 0 aliphatic carbocycles. The number of hydrogen-bond acceptors (Lipinski definition) is 3. The predicted molar refractivity (Wildman–Crippen MR) is 99.9 cm³/mol. The quantitative estimate of drug-likeness (QED) is 0.790. The van der Waals surface area contributed by atoms with Gasteiger partial charge >= 0.3 is 6.03 Å². The molecule has 0 bridgehead atoms. The Bertz CT molecular complexity index is 919. The molecule has 1 N–H and O–H groups in total. The van der Waals surface area contributed by atoms with E-state index in [-0.39, 0.29) is 11.9 Å². The lowest BCUT2D eigenvalue weighted by molar-refractivity contribution is 0.177. The van der Waals surface area contributed by atoms with Gasteiger partial charge in [0.1, 0.15) is 5.82 Å². The van der Waals surface area contributed by atoms with Crippen LogP contribution in [0, 0.1) is 6.92 Å². The summed E-state index contributed by atoms with van der Waals surface area (Å²) < 4.78 is 2.03. The molecule has 1 aromatic carbocycles. The lowest BCUT2D eigenvalue weighted by Gasteiger charge is -2.32. The molecule has 3 aromatic rings. The van der Waals surface area contributed by atoms with Gasteiger partial charge < -0.3 is 10.2 Å². The molecule has 1 fully saturated rings. The highest BCUT2D eigenvalue weighted by Crippen LogP contribution is 2.26. The van der Waals surface area contributed by atoms with E-state index in [9.17, 15) is 4.79 Å². The van der Waals surface area contributed by atoms with Crippen molar-refractivity contribution in [1.82, 2.24) is 24.8 Å². The van der Waals surface area contributed by atoms with Crippen molar-refractivity contribution >= 4 is 11.7 Å². The third-order valence-electron chi connectivity index (χ3n) is 4.94. The SMILES string of the molecule is Cc1cccc(CNC(=O)N2CCC[C@@H](c3nnc4ccccn34)C2)c1. The van der Waals surface area contributed by atoms with Crippen molar-refractivity contribution in [3.8, 4) is 0 Å². The number of fused-ring (bicyclic) bond motifs is 1. The molecule has 1 saturated heterocycles. The Hall–Kier alpha value is -2.89. The van der Waals surface area contributed by atoms with Gasteiger partial charge in [0.2, 0.25) is 0 Å². The monoisotopic (exact) mass is 349 g/mol. The first-order valence-electron chi connectivity index (χ1n) is 9.09. The lowest BCUT2D eigenvalue weighted by atomic mass is 9.97. The summed E-state index contributed by atoms with van der Waals surface area (Å²) in [5.41, 5.74) is 3.17. The summed E-state index contributed by atoms with van der Waals surface area (Å²) in [7, 11) is 0. The second kappa shape index (κ2) is 7.15. The van der Waals surface area contributed by atoms with Gasteiger partial charge in [-0.15, -0.1) is 10.2 Å².